The molecule has 0 aliphatic carbocycles. The molecule has 110 valence electrons. The third kappa shape index (κ3) is 2.59. The van der Waals surface area contributed by atoms with Crippen LogP contribution in [-0.2, 0) is 4.74 Å². The molecule has 0 atom stereocenters. The van der Waals surface area contributed by atoms with E-state index in [-0.39, 0.29) is 11.3 Å². The van der Waals surface area contributed by atoms with Crippen molar-refractivity contribution in [3.05, 3.63) is 28.5 Å². The van der Waals surface area contributed by atoms with Gasteiger partial charge in [0.25, 0.3) is 5.91 Å². The van der Waals surface area contributed by atoms with Gasteiger partial charge in [-0.3, -0.25) is 4.79 Å². The van der Waals surface area contributed by atoms with E-state index in [2.05, 4.69) is 25.7 Å². The van der Waals surface area contributed by atoms with Crippen molar-refractivity contribution >= 4 is 45.1 Å². The number of methoxy groups -OCH3 is 1. The number of aromatic nitrogens is 2. The molecule has 1 aromatic carbocycles. The summed E-state index contributed by atoms with van der Waals surface area (Å²) in [5, 5.41) is 9.29. The fourth-order valence-corrected chi connectivity index (χ4v) is 2.10. The van der Waals surface area contributed by atoms with Gasteiger partial charge in [-0.15, -0.1) is 0 Å². The zero-order valence-electron chi connectivity index (χ0n) is 11.0. The van der Waals surface area contributed by atoms with Crippen LogP contribution in [0.4, 0.5) is 9.59 Å². The standard InChI is InChI=1S/C12H10BrN3O5/c1-15(12(20)21-2)10(17)9-14-7-4-3-6(13)5-8(7)16(9)11(18)19/h3-5H,1-2H3,(H,18,19). The summed E-state index contributed by atoms with van der Waals surface area (Å²) in [6, 6.07) is 4.75. The van der Waals surface area contributed by atoms with E-state index in [1.54, 1.807) is 12.1 Å². The quantitative estimate of drug-likeness (QED) is 0.840. The van der Waals surface area contributed by atoms with Gasteiger partial charge in [-0.2, -0.15) is 0 Å². The van der Waals surface area contributed by atoms with Crippen molar-refractivity contribution in [2.45, 2.75) is 0 Å². The van der Waals surface area contributed by atoms with Crippen LogP contribution in [0.5, 0.6) is 0 Å². The van der Waals surface area contributed by atoms with Crippen LogP contribution in [0.25, 0.3) is 11.0 Å². The molecule has 0 radical (unpaired) electrons. The Morgan fingerprint density at radius 2 is 2.05 bits per heavy atom. The van der Waals surface area contributed by atoms with Crippen LogP contribution >= 0.6 is 15.9 Å². The highest BCUT2D eigenvalue weighted by Crippen LogP contribution is 2.21. The van der Waals surface area contributed by atoms with Gasteiger partial charge in [-0.25, -0.2) is 24.0 Å². The number of nitrogens with zero attached hydrogens (tertiary/aromatic N) is 3. The third-order valence-electron chi connectivity index (χ3n) is 2.75. The number of halogens is 1. The van der Waals surface area contributed by atoms with E-state index >= 15 is 0 Å². The molecule has 0 spiro atoms. The SMILES string of the molecule is COC(=O)N(C)C(=O)c1nc2ccc(Br)cc2n1C(=O)O. The molecule has 1 N–H and O–H groups in total. The number of amides is 2. The summed E-state index contributed by atoms with van der Waals surface area (Å²) in [4.78, 5) is 39.6. The minimum absolute atomic E-state index is 0.235. The summed E-state index contributed by atoms with van der Waals surface area (Å²) in [6.45, 7) is 0. The number of imide groups is 1. The molecule has 8 nitrogen and oxygen atoms in total. The van der Waals surface area contributed by atoms with Gasteiger partial charge in [-0.1, -0.05) is 15.9 Å². The highest BCUT2D eigenvalue weighted by Gasteiger charge is 2.27. The number of ether oxygens (including phenoxy) is 1. The van der Waals surface area contributed by atoms with Gasteiger partial charge >= 0.3 is 12.2 Å². The van der Waals surface area contributed by atoms with Crippen LogP contribution < -0.4 is 0 Å². The average Bonchev–Trinajstić information content (AvgIpc) is 2.83. The van der Waals surface area contributed by atoms with Gasteiger partial charge in [0.05, 0.1) is 18.1 Å². The Morgan fingerprint density at radius 3 is 2.62 bits per heavy atom. The van der Waals surface area contributed by atoms with Crippen molar-refractivity contribution < 1.29 is 24.2 Å². The Bertz CT molecular complexity index is 755. The van der Waals surface area contributed by atoms with Crippen LogP contribution in [0, 0.1) is 0 Å². The highest BCUT2D eigenvalue weighted by molar-refractivity contribution is 9.10. The predicted molar refractivity (Wildman–Crippen MR) is 75.4 cm³/mol. The average molecular weight is 356 g/mol. The van der Waals surface area contributed by atoms with Crippen LogP contribution in [0.1, 0.15) is 10.6 Å². The number of fused-ring (bicyclic) bond motifs is 1. The summed E-state index contributed by atoms with van der Waals surface area (Å²) in [5.74, 6) is -1.26. The first-order valence-corrected chi connectivity index (χ1v) is 6.43. The number of hydrogen-bond donors (Lipinski definition) is 1. The van der Waals surface area contributed by atoms with Gasteiger partial charge < -0.3 is 9.84 Å². The molecule has 0 saturated heterocycles. The number of carboxylic acid groups (broad SMARTS) is 1. The van der Waals surface area contributed by atoms with Gasteiger partial charge in [0.15, 0.2) is 0 Å². The molecule has 0 saturated carbocycles. The Kier molecular flexibility index (Phi) is 3.94. The van der Waals surface area contributed by atoms with Gasteiger partial charge in [-0.05, 0) is 18.2 Å². The Balaban J connectivity index is 2.63. The van der Waals surface area contributed by atoms with E-state index in [1.807, 2.05) is 0 Å². The Morgan fingerprint density at radius 1 is 1.38 bits per heavy atom. The fraction of sp³-hybridized carbons (Fsp3) is 0.167. The number of carbonyl (C=O) groups excluding carboxylic acids is 2. The first-order valence-electron chi connectivity index (χ1n) is 5.64. The molecule has 0 fully saturated rings. The van der Waals surface area contributed by atoms with Crippen molar-refractivity contribution in [1.29, 1.82) is 0 Å². The molecular weight excluding hydrogens is 346 g/mol. The topological polar surface area (TPSA) is 102 Å². The molecule has 0 unspecified atom stereocenters. The molecule has 9 heteroatoms. The van der Waals surface area contributed by atoms with Crippen molar-refractivity contribution in [2.75, 3.05) is 14.2 Å². The maximum Gasteiger partial charge on any atom is 0.417 e. The smallest absolute Gasteiger partial charge is 0.417 e. The number of imidazole rings is 1. The molecule has 0 bridgehead atoms. The molecule has 0 aliphatic rings. The van der Waals surface area contributed by atoms with Crippen molar-refractivity contribution in [1.82, 2.24) is 14.5 Å². The molecule has 1 heterocycles. The molecule has 2 amide bonds. The summed E-state index contributed by atoms with van der Waals surface area (Å²) >= 11 is 3.22. The normalized spacial score (nSPS) is 10.4. The minimum Gasteiger partial charge on any atom is -0.464 e. The molecule has 1 aromatic heterocycles. The van der Waals surface area contributed by atoms with Crippen molar-refractivity contribution in [2.24, 2.45) is 0 Å². The number of carbonyl (C=O) groups is 3. The molecule has 0 aliphatic heterocycles. The Labute approximate surface area is 127 Å². The Hall–Kier alpha value is -2.42. The lowest BCUT2D eigenvalue weighted by Crippen LogP contribution is -2.35. The second kappa shape index (κ2) is 5.52. The van der Waals surface area contributed by atoms with Crippen LogP contribution in [0.2, 0.25) is 0 Å². The lowest BCUT2D eigenvalue weighted by Gasteiger charge is -2.12. The monoisotopic (exact) mass is 355 g/mol. The number of hydrogen-bond acceptors (Lipinski definition) is 5. The predicted octanol–water partition coefficient (Wildman–Crippen LogP) is 2.16. The van der Waals surface area contributed by atoms with Crippen molar-refractivity contribution in [3.8, 4) is 0 Å². The molecule has 2 aromatic rings. The largest absolute Gasteiger partial charge is 0.464 e. The van der Waals surface area contributed by atoms with Crippen LogP contribution in [0.3, 0.4) is 0 Å². The second-order valence-corrected chi connectivity index (χ2v) is 4.94. The lowest BCUT2D eigenvalue weighted by molar-refractivity contribution is 0.0735. The van der Waals surface area contributed by atoms with E-state index in [4.69, 9.17) is 0 Å². The van der Waals surface area contributed by atoms with Gasteiger partial charge in [0.1, 0.15) is 0 Å². The number of benzene rings is 1. The highest BCUT2D eigenvalue weighted by atomic mass is 79.9. The van der Waals surface area contributed by atoms with E-state index in [1.165, 1.54) is 13.1 Å². The first-order chi connectivity index (χ1) is 9.86. The molecule has 21 heavy (non-hydrogen) atoms. The number of rotatable bonds is 1. The summed E-state index contributed by atoms with van der Waals surface area (Å²) in [5.41, 5.74) is 0.556. The molecule has 2 rings (SSSR count). The fourth-order valence-electron chi connectivity index (χ4n) is 1.76. The zero-order valence-corrected chi connectivity index (χ0v) is 12.6. The maximum absolute atomic E-state index is 12.2. The van der Waals surface area contributed by atoms with Gasteiger partial charge in [0, 0.05) is 11.5 Å². The van der Waals surface area contributed by atoms with E-state index < -0.39 is 18.1 Å². The summed E-state index contributed by atoms with van der Waals surface area (Å²) in [7, 11) is 2.29. The van der Waals surface area contributed by atoms with Gasteiger partial charge in [0.2, 0.25) is 5.82 Å². The minimum atomic E-state index is -1.38. The third-order valence-corrected chi connectivity index (χ3v) is 3.25. The van der Waals surface area contributed by atoms with E-state index in [9.17, 15) is 19.5 Å². The first kappa shape index (κ1) is 15.0. The van der Waals surface area contributed by atoms with E-state index in [0.717, 1.165) is 11.7 Å². The maximum atomic E-state index is 12.2. The summed E-state index contributed by atoms with van der Waals surface area (Å²) < 4.78 is 5.78. The summed E-state index contributed by atoms with van der Waals surface area (Å²) in [6.07, 6.45) is -2.29. The second-order valence-electron chi connectivity index (χ2n) is 4.02. The van der Waals surface area contributed by atoms with Crippen LogP contribution in [0.15, 0.2) is 22.7 Å². The molecular formula is C12H10BrN3O5. The van der Waals surface area contributed by atoms with Crippen molar-refractivity contribution in [3.63, 3.8) is 0 Å². The van der Waals surface area contributed by atoms with Crippen LogP contribution in [-0.4, -0.2) is 51.8 Å². The van der Waals surface area contributed by atoms with E-state index in [0.29, 0.717) is 14.9 Å². The lowest BCUT2D eigenvalue weighted by atomic mass is 10.3. The zero-order chi connectivity index (χ0) is 15.7.